The molecule has 0 radical (unpaired) electrons. The molecule has 0 saturated carbocycles. The highest BCUT2D eigenvalue weighted by Gasteiger charge is 2.48. The fourth-order valence-electron chi connectivity index (χ4n) is 3.66. The monoisotopic (exact) mass is 352 g/mol. The summed E-state index contributed by atoms with van der Waals surface area (Å²) in [6, 6.07) is 6.16. The molecule has 1 aromatic carbocycles. The maximum atomic E-state index is 12.1. The topological polar surface area (TPSA) is 49.4 Å². The van der Waals surface area contributed by atoms with Crippen LogP contribution in [0.2, 0.25) is 0 Å². The van der Waals surface area contributed by atoms with E-state index in [2.05, 4.69) is 56.1 Å². The summed E-state index contributed by atoms with van der Waals surface area (Å²) in [6.07, 6.45) is 0. The summed E-state index contributed by atoms with van der Waals surface area (Å²) in [5, 5.41) is 3.89. The van der Waals surface area contributed by atoms with Crippen molar-refractivity contribution in [1.29, 1.82) is 0 Å². The fourth-order valence-corrected chi connectivity index (χ4v) is 5.93. The van der Waals surface area contributed by atoms with Crippen LogP contribution in [0.5, 0.6) is 0 Å². The Kier molecular flexibility index (Phi) is 4.17. The summed E-state index contributed by atoms with van der Waals surface area (Å²) in [7, 11) is -3.00. The van der Waals surface area contributed by atoms with Crippen molar-refractivity contribution < 1.29 is 8.42 Å². The van der Waals surface area contributed by atoms with E-state index in [9.17, 15) is 8.42 Å². The van der Waals surface area contributed by atoms with Crippen LogP contribution < -0.4 is 10.2 Å². The number of nitrogens with one attached hydrogen (secondary N) is 1. The Morgan fingerprint density at radius 2 is 1.70 bits per heavy atom. The zero-order valence-corrected chi connectivity index (χ0v) is 15.7. The van der Waals surface area contributed by atoms with E-state index in [-0.39, 0.29) is 23.6 Å². The lowest BCUT2D eigenvalue weighted by molar-refractivity contribution is 0.600. The number of hydrogen-bond donors (Lipinski definition) is 1. The maximum absolute atomic E-state index is 12.1. The van der Waals surface area contributed by atoms with Gasteiger partial charge in [0.05, 0.1) is 29.3 Å². The van der Waals surface area contributed by atoms with E-state index in [4.69, 9.17) is 12.2 Å². The quantitative estimate of drug-likeness (QED) is 0.848. The summed E-state index contributed by atoms with van der Waals surface area (Å²) in [5.41, 5.74) is 3.56. The smallest absolute Gasteiger partial charge is 0.174 e. The van der Waals surface area contributed by atoms with Crippen molar-refractivity contribution in [3.63, 3.8) is 0 Å². The number of fused-ring (bicyclic) bond motifs is 1. The molecular weight excluding hydrogens is 328 g/mol. The highest BCUT2D eigenvalue weighted by Crippen LogP contribution is 2.39. The average molecular weight is 353 g/mol. The predicted octanol–water partition coefficient (Wildman–Crippen LogP) is 2.79. The number of thiocarbonyl (C=S) groups is 1. The summed E-state index contributed by atoms with van der Waals surface area (Å²) >= 11 is 5.56. The van der Waals surface area contributed by atoms with Crippen LogP contribution in [0.1, 0.15) is 50.7 Å². The van der Waals surface area contributed by atoms with Crippen LogP contribution in [0.3, 0.4) is 0 Å². The van der Waals surface area contributed by atoms with E-state index >= 15 is 0 Å². The third-order valence-corrected chi connectivity index (χ3v) is 6.80. The Balaban J connectivity index is 2.15. The molecule has 6 heteroatoms. The van der Waals surface area contributed by atoms with E-state index in [1.807, 2.05) is 0 Å². The molecule has 2 heterocycles. The molecule has 2 aliphatic rings. The van der Waals surface area contributed by atoms with Gasteiger partial charge >= 0.3 is 0 Å². The molecule has 1 N–H and O–H groups in total. The average Bonchev–Trinajstić information content (AvgIpc) is 2.87. The van der Waals surface area contributed by atoms with Crippen molar-refractivity contribution in [3.8, 4) is 0 Å². The van der Waals surface area contributed by atoms with Crippen molar-refractivity contribution in [2.24, 2.45) is 0 Å². The highest BCUT2D eigenvalue weighted by atomic mass is 32.2. The van der Waals surface area contributed by atoms with Crippen LogP contribution in [-0.4, -0.2) is 37.1 Å². The second-order valence-corrected chi connectivity index (χ2v) is 9.71. The standard InChI is InChI=1S/C17H24N2O2S2/c1-10(2)12-6-5-7-13(11(3)4)16(12)19-15-9-23(20,21)8-14(15)18-17(19)22/h5-7,10-11,14-15H,8-9H2,1-4H3,(H,18,22). The first-order valence-electron chi connectivity index (χ1n) is 8.14. The number of sulfone groups is 1. The summed E-state index contributed by atoms with van der Waals surface area (Å²) in [4.78, 5) is 2.08. The van der Waals surface area contributed by atoms with Crippen LogP contribution in [0, 0.1) is 0 Å². The minimum atomic E-state index is -3.00. The fraction of sp³-hybridized carbons (Fsp3) is 0.588. The summed E-state index contributed by atoms with van der Waals surface area (Å²) in [6.45, 7) is 8.66. The minimum Gasteiger partial charge on any atom is -0.356 e. The molecule has 0 amide bonds. The van der Waals surface area contributed by atoms with Gasteiger partial charge in [0.1, 0.15) is 0 Å². The highest BCUT2D eigenvalue weighted by molar-refractivity contribution is 7.91. The molecule has 4 nitrogen and oxygen atoms in total. The van der Waals surface area contributed by atoms with Crippen molar-refractivity contribution >= 4 is 32.9 Å². The third kappa shape index (κ3) is 2.87. The lowest BCUT2D eigenvalue weighted by Crippen LogP contribution is -2.38. The Labute approximate surface area is 144 Å². The Morgan fingerprint density at radius 1 is 1.13 bits per heavy atom. The molecule has 2 saturated heterocycles. The number of rotatable bonds is 3. The molecule has 23 heavy (non-hydrogen) atoms. The number of hydrogen-bond acceptors (Lipinski definition) is 3. The van der Waals surface area contributed by atoms with Gasteiger partial charge in [-0.3, -0.25) is 0 Å². The molecule has 0 bridgehead atoms. The first kappa shape index (κ1) is 16.7. The second kappa shape index (κ2) is 5.74. The van der Waals surface area contributed by atoms with Crippen LogP contribution in [0.15, 0.2) is 18.2 Å². The molecular formula is C17H24N2O2S2. The van der Waals surface area contributed by atoms with E-state index in [0.29, 0.717) is 16.9 Å². The van der Waals surface area contributed by atoms with E-state index in [1.165, 1.54) is 11.1 Å². The lowest BCUT2D eigenvalue weighted by Gasteiger charge is -2.30. The van der Waals surface area contributed by atoms with Gasteiger partial charge in [-0.2, -0.15) is 0 Å². The molecule has 126 valence electrons. The minimum absolute atomic E-state index is 0.0901. The van der Waals surface area contributed by atoms with Crippen molar-refractivity contribution in [2.75, 3.05) is 16.4 Å². The van der Waals surface area contributed by atoms with Gasteiger partial charge in [0, 0.05) is 0 Å². The van der Waals surface area contributed by atoms with Gasteiger partial charge in [0.15, 0.2) is 14.9 Å². The van der Waals surface area contributed by atoms with Gasteiger partial charge in [0.2, 0.25) is 0 Å². The zero-order valence-electron chi connectivity index (χ0n) is 14.0. The normalized spacial score (nSPS) is 26.0. The molecule has 2 fully saturated rings. The molecule has 0 aromatic heterocycles. The van der Waals surface area contributed by atoms with Crippen molar-refractivity contribution in [3.05, 3.63) is 29.3 Å². The van der Waals surface area contributed by atoms with E-state index in [1.54, 1.807) is 0 Å². The SMILES string of the molecule is CC(C)c1cccc(C(C)C)c1N1C(=S)NC2CS(=O)(=O)CC21. The van der Waals surface area contributed by atoms with Gasteiger partial charge in [-0.05, 0) is 35.2 Å². The van der Waals surface area contributed by atoms with E-state index in [0.717, 1.165) is 5.69 Å². The zero-order chi connectivity index (χ0) is 16.9. The van der Waals surface area contributed by atoms with Crippen molar-refractivity contribution in [2.45, 2.75) is 51.6 Å². The van der Waals surface area contributed by atoms with Gasteiger partial charge < -0.3 is 10.2 Å². The van der Waals surface area contributed by atoms with Crippen LogP contribution >= 0.6 is 12.2 Å². The van der Waals surface area contributed by atoms with Crippen molar-refractivity contribution in [1.82, 2.24) is 5.32 Å². The molecule has 3 rings (SSSR count). The van der Waals surface area contributed by atoms with Gasteiger partial charge in [-0.15, -0.1) is 0 Å². The number of anilines is 1. The first-order valence-corrected chi connectivity index (χ1v) is 10.4. The molecule has 0 spiro atoms. The molecule has 1 aromatic rings. The molecule has 2 atom stereocenters. The predicted molar refractivity (Wildman–Crippen MR) is 99.1 cm³/mol. The second-order valence-electron chi connectivity index (χ2n) is 7.16. The largest absolute Gasteiger partial charge is 0.356 e. The van der Waals surface area contributed by atoms with Gasteiger partial charge in [0.25, 0.3) is 0 Å². The van der Waals surface area contributed by atoms with Gasteiger partial charge in [-0.25, -0.2) is 8.42 Å². The van der Waals surface area contributed by atoms with E-state index < -0.39 is 9.84 Å². The number of para-hydroxylation sites is 1. The number of nitrogens with zero attached hydrogens (tertiary/aromatic N) is 1. The maximum Gasteiger partial charge on any atom is 0.174 e. The number of benzene rings is 1. The first-order chi connectivity index (χ1) is 10.7. The van der Waals surface area contributed by atoms with Crippen LogP contribution in [-0.2, 0) is 9.84 Å². The van der Waals surface area contributed by atoms with Gasteiger partial charge in [-0.1, -0.05) is 45.9 Å². The molecule has 2 unspecified atom stereocenters. The van der Waals surface area contributed by atoms with Crippen LogP contribution in [0.25, 0.3) is 0 Å². The molecule has 2 aliphatic heterocycles. The Bertz CT molecular complexity index is 715. The summed E-state index contributed by atoms with van der Waals surface area (Å²) in [5.74, 6) is 1.05. The molecule has 0 aliphatic carbocycles. The Morgan fingerprint density at radius 3 is 2.22 bits per heavy atom. The van der Waals surface area contributed by atoms with Crippen LogP contribution in [0.4, 0.5) is 5.69 Å². The third-order valence-electron chi connectivity index (χ3n) is 4.77. The lowest BCUT2D eigenvalue weighted by atomic mass is 9.91. The summed E-state index contributed by atoms with van der Waals surface area (Å²) < 4.78 is 24.1. The Hall–Kier alpha value is -1.14.